The predicted octanol–water partition coefficient (Wildman–Crippen LogP) is 5.89. The minimum Gasteiger partial charge on any atom is -0.245 e. The van der Waals surface area contributed by atoms with E-state index in [9.17, 15) is 0 Å². The van der Waals surface area contributed by atoms with Crippen LogP contribution in [0.2, 0.25) is 0 Å². The Bertz CT molecular complexity index is 423. The molecule has 0 saturated carbocycles. The lowest BCUT2D eigenvalue weighted by molar-refractivity contribution is 0.814. The molecule has 0 rings (SSSR count). The zero-order valence-electron chi connectivity index (χ0n) is 17.3. The summed E-state index contributed by atoms with van der Waals surface area (Å²) in [4.78, 5) is 0. The van der Waals surface area contributed by atoms with Crippen LogP contribution in [0.5, 0.6) is 0 Å². The van der Waals surface area contributed by atoms with Gasteiger partial charge in [0, 0.05) is 7.26 Å². The SMILES string of the molecule is CCCC[P+](CCCC)(CCCC)CCCC.N#C[B-](C#N)(C#N)C#N. The fourth-order valence-corrected chi connectivity index (χ4v) is 8.11. The van der Waals surface area contributed by atoms with Crippen LogP contribution in [0.15, 0.2) is 0 Å². The van der Waals surface area contributed by atoms with E-state index in [-0.39, 0.29) is 0 Å². The third-order valence-corrected chi connectivity index (χ3v) is 9.78. The standard InChI is InChI=1S/C16H36P.C4BN4/c1-5-9-13-17(14-10-6-2,15-11-7-3)16-12-8-4;6-1-5(2-7,3-8)4-9/h5-16H2,1-4H3;/q+1;-1. The lowest BCUT2D eigenvalue weighted by Gasteiger charge is -2.28. The van der Waals surface area contributed by atoms with Crippen molar-refractivity contribution < 1.29 is 0 Å². The molecule has 0 bridgehead atoms. The van der Waals surface area contributed by atoms with Gasteiger partial charge in [-0.15, -0.1) is 23.9 Å². The van der Waals surface area contributed by atoms with Crippen LogP contribution in [0.1, 0.15) is 79.1 Å². The monoisotopic (exact) mass is 374 g/mol. The lowest BCUT2D eigenvalue weighted by Crippen LogP contribution is -2.26. The Hall–Kier alpha value is -1.55. The molecular formula is C20H36BN4P. The fraction of sp³-hybridized carbons (Fsp3) is 0.800. The van der Waals surface area contributed by atoms with Crippen LogP contribution >= 0.6 is 7.26 Å². The number of nitriles is 4. The first kappa shape index (κ1) is 26.7. The molecule has 6 heteroatoms. The fourth-order valence-electron chi connectivity index (χ4n) is 2.82. The molecule has 0 aliphatic rings. The van der Waals surface area contributed by atoms with Gasteiger partial charge in [-0.1, -0.05) is 53.4 Å². The molecule has 144 valence electrons. The van der Waals surface area contributed by atoms with E-state index < -0.39 is 13.4 Å². The van der Waals surface area contributed by atoms with E-state index in [1.807, 2.05) is 0 Å². The normalized spacial score (nSPS) is 10.5. The molecule has 0 unspecified atom stereocenters. The highest BCUT2D eigenvalue weighted by molar-refractivity contribution is 7.75. The van der Waals surface area contributed by atoms with Crippen LogP contribution in [-0.2, 0) is 0 Å². The van der Waals surface area contributed by atoms with Crippen molar-refractivity contribution in [2.45, 2.75) is 79.1 Å². The van der Waals surface area contributed by atoms with Crippen molar-refractivity contribution in [2.24, 2.45) is 0 Å². The molecule has 0 N–H and O–H groups in total. The third-order valence-electron chi connectivity index (χ3n) is 4.72. The smallest absolute Gasteiger partial charge is 0.245 e. The maximum atomic E-state index is 8.09. The van der Waals surface area contributed by atoms with Gasteiger partial charge in [0.25, 0.3) is 0 Å². The van der Waals surface area contributed by atoms with E-state index >= 15 is 0 Å². The van der Waals surface area contributed by atoms with Crippen molar-refractivity contribution in [3.05, 3.63) is 0 Å². The second-order valence-electron chi connectivity index (χ2n) is 7.03. The zero-order valence-corrected chi connectivity index (χ0v) is 18.2. The summed E-state index contributed by atoms with van der Waals surface area (Å²) >= 11 is 0. The second kappa shape index (κ2) is 16.9. The van der Waals surface area contributed by atoms with Crippen LogP contribution in [0, 0.1) is 44.9 Å². The summed E-state index contributed by atoms with van der Waals surface area (Å²) in [5, 5.41) is 32.3. The summed E-state index contributed by atoms with van der Waals surface area (Å²) in [6.45, 7) is 9.42. The quantitative estimate of drug-likeness (QED) is 0.314. The van der Waals surface area contributed by atoms with E-state index in [1.54, 1.807) is 24.6 Å². The van der Waals surface area contributed by atoms with E-state index in [4.69, 9.17) is 21.0 Å². The molecule has 0 saturated heterocycles. The minimum atomic E-state index is -2.72. The first-order chi connectivity index (χ1) is 12.5. The van der Waals surface area contributed by atoms with E-state index in [0.717, 1.165) is 0 Å². The van der Waals surface area contributed by atoms with Crippen LogP contribution in [-0.4, -0.2) is 30.8 Å². The topological polar surface area (TPSA) is 95.2 Å². The highest BCUT2D eigenvalue weighted by Crippen LogP contribution is 2.61. The molecule has 0 aromatic rings. The summed E-state index contributed by atoms with van der Waals surface area (Å²) in [6.07, 6.45) is 15.2. The molecule has 0 aliphatic heterocycles. The summed E-state index contributed by atoms with van der Waals surface area (Å²) in [5.74, 6) is 5.38. The summed E-state index contributed by atoms with van der Waals surface area (Å²) in [6, 6.07) is 0. The molecule has 0 amide bonds. The summed E-state index contributed by atoms with van der Waals surface area (Å²) in [5.41, 5.74) is 0. The molecule has 0 aliphatic carbocycles. The molecule has 0 spiro atoms. The Kier molecular flexibility index (Phi) is 17.3. The number of hydrogen-bond acceptors (Lipinski definition) is 4. The van der Waals surface area contributed by atoms with Gasteiger partial charge in [0.1, 0.15) is 0 Å². The van der Waals surface area contributed by atoms with Crippen LogP contribution in [0.25, 0.3) is 0 Å². The van der Waals surface area contributed by atoms with Crippen molar-refractivity contribution in [3.63, 3.8) is 0 Å². The molecule has 0 atom stereocenters. The average molecular weight is 374 g/mol. The Morgan fingerprint density at radius 1 is 0.538 bits per heavy atom. The Morgan fingerprint density at radius 3 is 0.885 bits per heavy atom. The molecule has 0 fully saturated rings. The first-order valence-electron chi connectivity index (χ1n) is 10.1. The number of unbranched alkanes of at least 4 members (excludes halogenated alkanes) is 4. The average Bonchev–Trinajstić information content (AvgIpc) is 2.69. The highest BCUT2D eigenvalue weighted by atomic mass is 31.2. The van der Waals surface area contributed by atoms with Gasteiger partial charge in [-0.05, 0) is 25.7 Å². The predicted molar refractivity (Wildman–Crippen MR) is 114 cm³/mol. The zero-order chi connectivity index (χ0) is 20.3. The Balaban J connectivity index is 0. The molecule has 0 heterocycles. The van der Waals surface area contributed by atoms with Crippen LogP contribution in [0.4, 0.5) is 0 Å². The summed E-state index contributed by atoms with van der Waals surface area (Å²) < 4.78 is 0. The minimum absolute atomic E-state index is 0.562. The van der Waals surface area contributed by atoms with Crippen LogP contribution in [0.3, 0.4) is 0 Å². The van der Waals surface area contributed by atoms with Gasteiger partial charge in [-0.25, -0.2) is 21.0 Å². The molecule has 0 radical (unpaired) electrons. The Morgan fingerprint density at radius 2 is 0.769 bits per heavy atom. The number of nitrogens with zero attached hydrogens (tertiary/aromatic N) is 4. The molecule has 26 heavy (non-hydrogen) atoms. The van der Waals surface area contributed by atoms with Gasteiger partial charge < -0.3 is 0 Å². The lowest BCUT2D eigenvalue weighted by atomic mass is 9.30. The highest BCUT2D eigenvalue weighted by Gasteiger charge is 2.34. The van der Waals surface area contributed by atoms with Gasteiger partial charge in [0.05, 0.1) is 24.6 Å². The van der Waals surface area contributed by atoms with E-state index in [1.165, 1.54) is 75.2 Å². The van der Waals surface area contributed by atoms with Gasteiger partial charge in [-0.2, -0.15) is 0 Å². The molecule has 0 aromatic heterocycles. The van der Waals surface area contributed by atoms with Gasteiger partial charge in [0.15, 0.2) is 0 Å². The van der Waals surface area contributed by atoms with Crippen molar-refractivity contribution in [3.8, 4) is 23.9 Å². The van der Waals surface area contributed by atoms with E-state index in [0.29, 0.717) is 0 Å². The molecule has 0 aromatic carbocycles. The van der Waals surface area contributed by atoms with Gasteiger partial charge in [-0.3, -0.25) is 0 Å². The van der Waals surface area contributed by atoms with Crippen molar-refractivity contribution in [2.75, 3.05) is 24.6 Å². The van der Waals surface area contributed by atoms with E-state index in [2.05, 4.69) is 27.7 Å². The largest absolute Gasteiger partial charge is 0.383 e. The Labute approximate surface area is 162 Å². The van der Waals surface area contributed by atoms with Crippen molar-refractivity contribution >= 4 is 13.4 Å². The molecular weight excluding hydrogens is 338 g/mol. The number of rotatable bonds is 12. The van der Waals surface area contributed by atoms with Crippen LogP contribution < -0.4 is 0 Å². The maximum absolute atomic E-state index is 8.09. The van der Waals surface area contributed by atoms with Crippen molar-refractivity contribution in [1.82, 2.24) is 0 Å². The number of hydrogen-bond donors (Lipinski definition) is 0. The maximum Gasteiger partial charge on any atom is 0.383 e. The second-order valence-corrected chi connectivity index (χ2v) is 11.5. The van der Waals surface area contributed by atoms with Gasteiger partial charge in [0.2, 0.25) is 0 Å². The third kappa shape index (κ3) is 11.1. The first-order valence-corrected chi connectivity index (χ1v) is 12.7. The molecule has 4 nitrogen and oxygen atoms in total. The summed E-state index contributed by atoms with van der Waals surface area (Å²) in [7, 11) is -0.562. The van der Waals surface area contributed by atoms with Gasteiger partial charge >= 0.3 is 6.15 Å². The van der Waals surface area contributed by atoms with Crippen molar-refractivity contribution in [1.29, 1.82) is 21.0 Å².